The smallest absolute Gasteiger partial charge is 0.237 e. The van der Waals surface area contributed by atoms with Crippen LogP contribution in [0.4, 0.5) is 10.1 Å². The predicted octanol–water partition coefficient (Wildman–Crippen LogP) is 5.16. The summed E-state index contributed by atoms with van der Waals surface area (Å²) in [6.45, 7) is 2.07. The number of anilines is 1. The number of benzene rings is 2. The summed E-state index contributed by atoms with van der Waals surface area (Å²) >= 11 is 12.5. The molecule has 0 radical (unpaired) electrons. The summed E-state index contributed by atoms with van der Waals surface area (Å²) in [5.41, 5.74) is 0.489. The molecule has 1 aliphatic heterocycles. The number of hydrogen-bond donors (Lipinski definition) is 3. The minimum atomic E-state index is -0.758. The Hall–Kier alpha value is -2.15. The van der Waals surface area contributed by atoms with Crippen molar-refractivity contribution in [3.05, 3.63) is 63.4 Å². The molecule has 1 heterocycles. The standard InChI is InChI=1S/C25H28Cl2FN3O2/c1-24(17-10-9-15(26)13-19(17)30-14-32)20(16-7-6-8-18(27)21(16)28)22(23(33)29-2)31-25(24)11-4-3-5-12-25/h6-10,13-14,20,22,31H,3-5,11-12H2,1-2H3,(H,29,33)(H,30,32)/t20-,22+,24?/m0/s1. The van der Waals surface area contributed by atoms with Crippen molar-refractivity contribution in [2.24, 2.45) is 0 Å². The number of hydrogen-bond acceptors (Lipinski definition) is 3. The van der Waals surface area contributed by atoms with E-state index in [2.05, 4.69) is 22.9 Å². The Balaban J connectivity index is 2.04. The molecule has 4 rings (SSSR count). The average Bonchev–Trinajstić information content (AvgIpc) is 3.04. The zero-order chi connectivity index (χ0) is 23.8. The molecule has 1 saturated carbocycles. The van der Waals surface area contributed by atoms with Gasteiger partial charge in [0.25, 0.3) is 0 Å². The second-order valence-electron chi connectivity index (χ2n) is 9.15. The Labute approximate surface area is 203 Å². The molecule has 3 atom stereocenters. The molecule has 33 heavy (non-hydrogen) atoms. The molecule has 2 aromatic carbocycles. The molecule has 1 unspecified atom stereocenters. The van der Waals surface area contributed by atoms with Gasteiger partial charge in [-0.3, -0.25) is 14.9 Å². The highest BCUT2D eigenvalue weighted by Gasteiger charge is 2.64. The zero-order valence-electron chi connectivity index (χ0n) is 18.7. The highest BCUT2D eigenvalue weighted by atomic mass is 35.5. The summed E-state index contributed by atoms with van der Waals surface area (Å²) in [6, 6.07) is 9.58. The third kappa shape index (κ3) is 3.82. The molecule has 5 nitrogen and oxygen atoms in total. The van der Waals surface area contributed by atoms with E-state index in [1.807, 2.05) is 6.07 Å². The fourth-order valence-electron chi connectivity index (χ4n) is 6.18. The third-order valence-electron chi connectivity index (χ3n) is 7.69. The summed E-state index contributed by atoms with van der Waals surface area (Å²) in [4.78, 5) is 24.7. The first kappa shape index (κ1) is 24.0. The third-order valence-corrected chi connectivity index (χ3v) is 8.22. The van der Waals surface area contributed by atoms with Gasteiger partial charge in [0.15, 0.2) is 0 Å². The van der Waals surface area contributed by atoms with E-state index in [4.69, 9.17) is 23.2 Å². The number of halogens is 3. The van der Waals surface area contributed by atoms with E-state index in [1.54, 1.807) is 31.3 Å². The second-order valence-corrected chi connectivity index (χ2v) is 10.00. The Morgan fingerprint density at radius 3 is 2.58 bits per heavy atom. The maximum absolute atomic E-state index is 15.5. The van der Waals surface area contributed by atoms with Gasteiger partial charge in [-0.15, -0.1) is 0 Å². The van der Waals surface area contributed by atoms with Gasteiger partial charge >= 0.3 is 0 Å². The predicted molar refractivity (Wildman–Crippen MR) is 129 cm³/mol. The van der Waals surface area contributed by atoms with Crippen molar-refractivity contribution in [3.63, 3.8) is 0 Å². The van der Waals surface area contributed by atoms with Crippen LogP contribution in [-0.2, 0) is 15.0 Å². The topological polar surface area (TPSA) is 70.2 Å². The molecule has 3 N–H and O–H groups in total. The van der Waals surface area contributed by atoms with Crippen molar-refractivity contribution in [2.45, 2.75) is 61.9 Å². The van der Waals surface area contributed by atoms with Gasteiger partial charge in [0.1, 0.15) is 5.82 Å². The normalized spacial score (nSPS) is 26.2. The van der Waals surface area contributed by atoms with Crippen LogP contribution >= 0.6 is 23.2 Å². The van der Waals surface area contributed by atoms with E-state index in [0.717, 1.165) is 37.7 Å². The van der Waals surface area contributed by atoms with Crippen molar-refractivity contribution < 1.29 is 14.0 Å². The van der Waals surface area contributed by atoms with Crippen molar-refractivity contribution in [3.8, 4) is 0 Å². The molecule has 2 aromatic rings. The fourth-order valence-corrected chi connectivity index (χ4v) is 6.54. The van der Waals surface area contributed by atoms with Crippen LogP contribution in [0.2, 0.25) is 10.0 Å². The molecule has 2 amide bonds. The number of amides is 2. The van der Waals surface area contributed by atoms with E-state index in [9.17, 15) is 9.59 Å². The molecule has 2 fully saturated rings. The molecule has 1 aliphatic carbocycles. The van der Waals surface area contributed by atoms with Crippen molar-refractivity contribution in [1.82, 2.24) is 10.6 Å². The van der Waals surface area contributed by atoms with E-state index in [1.165, 1.54) is 6.07 Å². The highest BCUT2D eigenvalue weighted by Crippen LogP contribution is 2.60. The molecule has 176 valence electrons. The molecule has 1 spiro atoms. The monoisotopic (exact) mass is 491 g/mol. The average molecular weight is 492 g/mol. The first-order valence-electron chi connectivity index (χ1n) is 11.2. The molecule has 1 saturated heterocycles. The summed E-state index contributed by atoms with van der Waals surface area (Å²) < 4.78 is 15.5. The summed E-state index contributed by atoms with van der Waals surface area (Å²) in [7, 11) is 1.58. The molecule has 2 aliphatic rings. The van der Waals surface area contributed by atoms with Gasteiger partial charge in [-0.2, -0.15) is 0 Å². The van der Waals surface area contributed by atoms with Crippen molar-refractivity contribution in [1.29, 1.82) is 0 Å². The summed E-state index contributed by atoms with van der Waals surface area (Å²) in [6.07, 6.45) is 5.31. The van der Waals surface area contributed by atoms with Crippen molar-refractivity contribution >= 4 is 41.2 Å². The highest BCUT2D eigenvalue weighted by molar-refractivity contribution is 6.31. The van der Waals surface area contributed by atoms with Crippen LogP contribution in [0, 0.1) is 5.82 Å². The lowest BCUT2D eigenvalue weighted by Gasteiger charge is -2.49. The van der Waals surface area contributed by atoms with Crippen LogP contribution in [0.25, 0.3) is 0 Å². The van der Waals surface area contributed by atoms with Crippen LogP contribution in [0.5, 0.6) is 0 Å². The Morgan fingerprint density at radius 2 is 1.91 bits per heavy atom. The maximum Gasteiger partial charge on any atom is 0.237 e. The van der Waals surface area contributed by atoms with Gasteiger partial charge in [-0.05, 0) is 42.2 Å². The first-order chi connectivity index (χ1) is 15.8. The lowest BCUT2D eigenvalue weighted by molar-refractivity contribution is -0.122. The lowest BCUT2D eigenvalue weighted by Crippen LogP contribution is -2.56. The van der Waals surface area contributed by atoms with E-state index in [0.29, 0.717) is 22.7 Å². The molecule has 0 aromatic heterocycles. The van der Waals surface area contributed by atoms with Crippen LogP contribution in [-0.4, -0.2) is 30.9 Å². The quantitative estimate of drug-likeness (QED) is 0.505. The Bertz CT molecular complexity index is 1070. The lowest BCUT2D eigenvalue weighted by atomic mass is 9.56. The molecular weight excluding hydrogens is 464 g/mol. The fraction of sp³-hybridized carbons (Fsp3) is 0.440. The van der Waals surface area contributed by atoms with Gasteiger partial charge in [-0.25, -0.2) is 4.39 Å². The Morgan fingerprint density at radius 1 is 1.18 bits per heavy atom. The molecular formula is C25H28Cl2FN3O2. The van der Waals surface area contributed by atoms with Crippen LogP contribution in [0.3, 0.4) is 0 Å². The minimum absolute atomic E-state index is 0.0115. The maximum atomic E-state index is 15.5. The van der Waals surface area contributed by atoms with Crippen molar-refractivity contribution in [2.75, 3.05) is 12.4 Å². The second kappa shape index (κ2) is 9.24. The van der Waals surface area contributed by atoms with E-state index in [-0.39, 0.29) is 10.9 Å². The van der Waals surface area contributed by atoms with Crippen LogP contribution in [0.1, 0.15) is 56.1 Å². The number of likely N-dealkylation sites (N-methyl/N-ethyl adjacent to an activating group) is 1. The van der Waals surface area contributed by atoms with Crippen LogP contribution < -0.4 is 16.0 Å². The number of carbonyl (C=O) groups is 2. The summed E-state index contributed by atoms with van der Waals surface area (Å²) in [5.74, 6) is -1.33. The molecule has 8 heteroatoms. The molecule has 0 bridgehead atoms. The van der Waals surface area contributed by atoms with Gasteiger partial charge in [-0.1, -0.05) is 67.6 Å². The van der Waals surface area contributed by atoms with Gasteiger partial charge in [0, 0.05) is 34.6 Å². The van der Waals surface area contributed by atoms with Crippen LogP contribution in [0.15, 0.2) is 36.4 Å². The van der Waals surface area contributed by atoms with Gasteiger partial charge < -0.3 is 10.6 Å². The van der Waals surface area contributed by atoms with Gasteiger partial charge in [0.05, 0.1) is 11.1 Å². The number of carbonyl (C=O) groups excluding carboxylic acids is 2. The SMILES string of the molecule is CNC(=O)[C@@H]1NC2(CCCCC2)C(C)(c2ccc(Cl)cc2NC=O)[C@H]1c1cccc(Cl)c1F. The van der Waals surface area contributed by atoms with E-state index < -0.39 is 28.7 Å². The summed E-state index contributed by atoms with van der Waals surface area (Å²) in [5, 5.41) is 9.68. The largest absolute Gasteiger partial charge is 0.358 e. The minimum Gasteiger partial charge on any atom is -0.358 e. The Kier molecular flexibility index (Phi) is 6.72. The van der Waals surface area contributed by atoms with Gasteiger partial charge in [0.2, 0.25) is 12.3 Å². The first-order valence-corrected chi connectivity index (χ1v) is 12.0. The zero-order valence-corrected chi connectivity index (χ0v) is 20.2. The number of rotatable bonds is 5. The number of nitrogens with one attached hydrogen (secondary N) is 3. The van der Waals surface area contributed by atoms with E-state index >= 15 is 4.39 Å².